The fourth-order valence-electron chi connectivity index (χ4n) is 1.82. The Labute approximate surface area is 104 Å². The third kappa shape index (κ3) is 3.69. The molecule has 0 amide bonds. The van der Waals surface area contributed by atoms with Crippen molar-refractivity contribution < 1.29 is 14.1 Å². The summed E-state index contributed by atoms with van der Waals surface area (Å²) >= 11 is -5.53. The maximum atomic E-state index is 6.16. The van der Waals surface area contributed by atoms with Gasteiger partial charge in [0, 0.05) is 0 Å². The molecule has 0 saturated carbocycles. The Balaban J connectivity index is 2.08. The quantitative estimate of drug-likeness (QED) is 0.683. The van der Waals surface area contributed by atoms with Crippen LogP contribution in [-0.2, 0) is 14.1 Å². The van der Waals surface area contributed by atoms with Crippen LogP contribution in [0.3, 0.4) is 0 Å². The first-order chi connectivity index (χ1) is 7.49. The van der Waals surface area contributed by atoms with Crippen LogP contribution in [0.15, 0.2) is 0 Å². The van der Waals surface area contributed by atoms with Gasteiger partial charge in [-0.3, -0.25) is 0 Å². The molecular formula is C9H21Ge2NO4. The van der Waals surface area contributed by atoms with Gasteiger partial charge in [-0.05, 0) is 0 Å². The molecule has 3 aliphatic rings. The third-order valence-electron chi connectivity index (χ3n) is 2.49. The summed E-state index contributed by atoms with van der Waals surface area (Å²) in [7, 11) is 0. The molecule has 0 aromatic carbocycles. The van der Waals surface area contributed by atoms with Crippen LogP contribution in [0.25, 0.3) is 0 Å². The van der Waals surface area contributed by atoms with Gasteiger partial charge in [0.05, 0.1) is 0 Å². The molecule has 0 unspecified atom stereocenters. The molecule has 7 heteroatoms. The van der Waals surface area contributed by atoms with E-state index in [0.717, 1.165) is 19.6 Å². The molecule has 3 saturated heterocycles. The summed E-state index contributed by atoms with van der Waals surface area (Å²) < 4.78 is 23.7. The monoisotopic (exact) mass is 355 g/mol. The minimum atomic E-state index is -3.36. The SMILES string of the molecule is [CH3][Ge]([CH3])([CH3])[O][Ge]12[O]CCN(CC[O]1)CC[O]2. The summed E-state index contributed by atoms with van der Waals surface area (Å²) in [4.78, 5) is 2.31. The average Bonchev–Trinajstić information content (AvgIpc) is 2.04. The first-order valence-electron chi connectivity index (χ1n) is 5.84. The van der Waals surface area contributed by atoms with Gasteiger partial charge >= 0.3 is 104 Å². The van der Waals surface area contributed by atoms with E-state index in [1.165, 1.54) is 0 Å². The number of fused-ring (bicyclic) bond motifs is 6. The van der Waals surface area contributed by atoms with Crippen molar-refractivity contribution in [3.63, 3.8) is 0 Å². The average molecular weight is 352 g/mol. The van der Waals surface area contributed by atoms with Gasteiger partial charge in [0.15, 0.2) is 0 Å². The first kappa shape index (κ1) is 13.3. The van der Waals surface area contributed by atoms with E-state index >= 15 is 0 Å². The third-order valence-corrected chi connectivity index (χ3v) is 17.2. The molecular weight excluding hydrogens is 331 g/mol. The Morgan fingerprint density at radius 3 is 1.75 bits per heavy atom. The van der Waals surface area contributed by atoms with Crippen LogP contribution in [-0.4, -0.2) is 72.6 Å². The van der Waals surface area contributed by atoms with Crippen molar-refractivity contribution in [2.75, 3.05) is 39.5 Å². The van der Waals surface area contributed by atoms with Crippen LogP contribution in [0.1, 0.15) is 0 Å². The normalized spacial score (nSPS) is 36.6. The molecule has 5 nitrogen and oxygen atoms in total. The van der Waals surface area contributed by atoms with E-state index in [9.17, 15) is 0 Å². The summed E-state index contributed by atoms with van der Waals surface area (Å²) in [6.45, 7) is 4.95. The molecule has 16 heavy (non-hydrogen) atoms. The van der Waals surface area contributed by atoms with Crippen LogP contribution in [0.4, 0.5) is 0 Å². The standard InChI is InChI=1S/C9H21Ge2NO4/c1-10(2,3)16-11-13-7-4-12(5-8-14-11)6-9-15-11/h4-9H2,1-3H3. The summed E-state index contributed by atoms with van der Waals surface area (Å²) in [6, 6.07) is 0. The fraction of sp³-hybridized carbons (Fsp3) is 1.00. The van der Waals surface area contributed by atoms with E-state index in [-0.39, 0.29) is 0 Å². The zero-order chi connectivity index (χ0) is 11.6. The van der Waals surface area contributed by atoms with Gasteiger partial charge < -0.3 is 0 Å². The van der Waals surface area contributed by atoms with Gasteiger partial charge in [-0.1, -0.05) is 0 Å². The van der Waals surface area contributed by atoms with Gasteiger partial charge in [-0.15, -0.1) is 0 Å². The molecule has 0 radical (unpaired) electrons. The second kappa shape index (κ2) is 5.25. The van der Waals surface area contributed by atoms with E-state index < -0.39 is 28.2 Å². The molecule has 0 N–H and O–H groups in total. The van der Waals surface area contributed by atoms with Gasteiger partial charge in [-0.2, -0.15) is 0 Å². The van der Waals surface area contributed by atoms with Crippen molar-refractivity contribution in [3.05, 3.63) is 0 Å². The van der Waals surface area contributed by atoms with Gasteiger partial charge in [0.25, 0.3) is 0 Å². The fourth-order valence-corrected chi connectivity index (χ4v) is 16.5. The Morgan fingerprint density at radius 1 is 0.938 bits per heavy atom. The predicted molar refractivity (Wildman–Crippen MR) is 64.5 cm³/mol. The van der Waals surface area contributed by atoms with Gasteiger partial charge in [0.1, 0.15) is 0 Å². The second-order valence-electron chi connectivity index (χ2n) is 5.10. The molecule has 0 aromatic heterocycles. The molecule has 0 atom stereocenters. The van der Waals surface area contributed by atoms with Gasteiger partial charge in [-0.25, -0.2) is 0 Å². The van der Waals surface area contributed by atoms with Crippen molar-refractivity contribution in [2.24, 2.45) is 0 Å². The van der Waals surface area contributed by atoms with E-state index in [2.05, 4.69) is 22.2 Å². The first-order valence-corrected chi connectivity index (χ1v) is 16.4. The zero-order valence-electron chi connectivity index (χ0n) is 10.3. The molecule has 3 aliphatic heterocycles. The molecule has 0 spiro atoms. The van der Waals surface area contributed by atoms with Crippen LogP contribution < -0.4 is 0 Å². The molecule has 3 fully saturated rings. The van der Waals surface area contributed by atoms with Crippen LogP contribution in [0.2, 0.25) is 17.3 Å². The van der Waals surface area contributed by atoms with Crippen molar-refractivity contribution in [2.45, 2.75) is 17.3 Å². The Kier molecular flexibility index (Phi) is 4.37. The molecule has 3 rings (SSSR count). The minimum absolute atomic E-state index is 0.679. The molecule has 94 valence electrons. The summed E-state index contributed by atoms with van der Waals surface area (Å²) in [6.07, 6.45) is 0. The maximum absolute atomic E-state index is 6.16. The van der Waals surface area contributed by atoms with E-state index in [1.807, 2.05) is 0 Å². The predicted octanol–water partition coefficient (Wildman–Crippen LogP) is 0.652. The topological polar surface area (TPSA) is 40.2 Å². The zero-order valence-corrected chi connectivity index (χ0v) is 14.5. The van der Waals surface area contributed by atoms with Crippen molar-refractivity contribution in [1.29, 1.82) is 0 Å². The number of hydrogen-bond donors (Lipinski definition) is 0. The summed E-state index contributed by atoms with van der Waals surface area (Å²) in [5, 5.41) is 0. The Hall–Kier alpha value is 0.886. The summed E-state index contributed by atoms with van der Waals surface area (Å²) in [5.74, 6) is 6.58. The molecule has 0 aromatic rings. The molecule has 0 aliphatic carbocycles. The Bertz CT molecular complexity index is 220. The van der Waals surface area contributed by atoms with E-state index in [4.69, 9.17) is 14.1 Å². The van der Waals surface area contributed by atoms with Crippen molar-refractivity contribution in [1.82, 2.24) is 4.90 Å². The van der Waals surface area contributed by atoms with Crippen molar-refractivity contribution >= 4 is 28.2 Å². The molecule has 2 bridgehead atoms. The van der Waals surface area contributed by atoms with Crippen molar-refractivity contribution in [3.8, 4) is 0 Å². The van der Waals surface area contributed by atoms with E-state index in [1.54, 1.807) is 0 Å². The van der Waals surface area contributed by atoms with Crippen LogP contribution in [0, 0.1) is 0 Å². The number of rotatable bonds is 2. The molecule has 3 heterocycles. The summed E-state index contributed by atoms with van der Waals surface area (Å²) in [5.41, 5.74) is 0. The number of nitrogens with zero attached hydrogens (tertiary/aromatic N) is 1. The van der Waals surface area contributed by atoms with Crippen LogP contribution >= 0.6 is 0 Å². The van der Waals surface area contributed by atoms with E-state index in [0.29, 0.717) is 19.8 Å². The van der Waals surface area contributed by atoms with Gasteiger partial charge in [0.2, 0.25) is 0 Å². The second-order valence-corrected chi connectivity index (χ2v) is 20.5. The Morgan fingerprint density at radius 2 is 1.38 bits per heavy atom. The number of hydrogen-bond acceptors (Lipinski definition) is 5. The van der Waals surface area contributed by atoms with Crippen LogP contribution in [0.5, 0.6) is 0 Å².